The van der Waals surface area contributed by atoms with E-state index in [1.165, 1.54) is 31.5 Å². The maximum absolute atomic E-state index is 11.8. The Kier molecular flexibility index (Phi) is 4.42. The lowest BCUT2D eigenvalue weighted by molar-refractivity contribution is -0.384. The fourth-order valence-corrected chi connectivity index (χ4v) is 2.41. The molecule has 0 unspecified atom stereocenters. The maximum Gasteiger partial charge on any atom is 0.338 e. The highest BCUT2D eigenvalue weighted by Gasteiger charge is 2.30. The summed E-state index contributed by atoms with van der Waals surface area (Å²) in [6.45, 7) is 0. The van der Waals surface area contributed by atoms with Gasteiger partial charge in [-0.1, -0.05) is 0 Å². The van der Waals surface area contributed by atoms with E-state index in [4.69, 9.17) is 0 Å². The predicted octanol–water partition coefficient (Wildman–Crippen LogP) is 2.79. The first-order valence-electron chi connectivity index (χ1n) is 7.63. The van der Waals surface area contributed by atoms with Crippen LogP contribution in [-0.4, -0.2) is 28.9 Å². The molecule has 1 N–H and O–H groups in total. The molecule has 0 atom stereocenters. The molecule has 0 aliphatic heterocycles. The van der Waals surface area contributed by atoms with Crippen molar-refractivity contribution in [2.24, 2.45) is 5.92 Å². The van der Waals surface area contributed by atoms with E-state index in [9.17, 15) is 19.7 Å². The van der Waals surface area contributed by atoms with Gasteiger partial charge in [0.05, 0.1) is 23.2 Å². The van der Waals surface area contributed by atoms with E-state index in [2.05, 4.69) is 15.0 Å². The third-order valence-electron chi connectivity index (χ3n) is 3.89. The number of carbonyl (C=O) groups excluding carboxylic acids is 2. The molecule has 3 rings (SSSR count). The Morgan fingerprint density at radius 2 is 2.04 bits per heavy atom. The Morgan fingerprint density at radius 1 is 1.28 bits per heavy atom. The molecule has 1 amide bonds. The number of pyridine rings is 1. The van der Waals surface area contributed by atoms with Crippen molar-refractivity contribution in [3.05, 3.63) is 52.2 Å². The van der Waals surface area contributed by atoms with Crippen molar-refractivity contribution >= 4 is 23.4 Å². The minimum absolute atomic E-state index is 0.0270. The normalized spacial score (nSPS) is 13.2. The molecule has 1 aromatic carbocycles. The lowest BCUT2D eigenvalue weighted by Crippen LogP contribution is -2.14. The molecule has 0 saturated heterocycles. The number of rotatable bonds is 5. The number of esters is 1. The lowest BCUT2D eigenvalue weighted by atomic mass is 10.0. The smallest absolute Gasteiger partial charge is 0.338 e. The quantitative estimate of drug-likeness (QED) is 0.508. The summed E-state index contributed by atoms with van der Waals surface area (Å²) in [5.41, 5.74) is 0.703. The number of nitro benzene ring substituents is 1. The molecule has 1 saturated carbocycles. The van der Waals surface area contributed by atoms with E-state index in [0.29, 0.717) is 16.9 Å². The van der Waals surface area contributed by atoms with Gasteiger partial charge in [0.2, 0.25) is 5.91 Å². The van der Waals surface area contributed by atoms with Crippen LogP contribution in [0.1, 0.15) is 23.2 Å². The van der Waals surface area contributed by atoms with E-state index in [1.807, 2.05) is 0 Å². The van der Waals surface area contributed by atoms with Crippen LogP contribution < -0.4 is 5.32 Å². The molecule has 128 valence electrons. The number of amides is 1. The van der Waals surface area contributed by atoms with Crippen LogP contribution in [0.15, 0.2) is 36.5 Å². The van der Waals surface area contributed by atoms with Crippen molar-refractivity contribution in [2.75, 3.05) is 12.4 Å². The fourth-order valence-electron chi connectivity index (χ4n) is 2.41. The standard InChI is InChI=1S/C17H15N3O5/c1-25-17(22)12-4-5-13(14(8-12)20(23)24)11-6-7-18-15(9-11)19-16(21)10-2-3-10/h4-10H,2-3H2,1H3,(H,18,19,21). The number of hydrogen-bond donors (Lipinski definition) is 1. The summed E-state index contributed by atoms with van der Waals surface area (Å²) in [5.74, 6) is -0.387. The zero-order valence-corrected chi connectivity index (χ0v) is 13.4. The average molecular weight is 341 g/mol. The van der Waals surface area contributed by atoms with Crippen LogP contribution in [0.4, 0.5) is 11.5 Å². The molecule has 1 fully saturated rings. The zero-order chi connectivity index (χ0) is 18.0. The van der Waals surface area contributed by atoms with Crippen LogP contribution in [0.2, 0.25) is 0 Å². The second-order valence-corrected chi connectivity index (χ2v) is 5.67. The van der Waals surface area contributed by atoms with E-state index in [-0.39, 0.29) is 23.1 Å². The van der Waals surface area contributed by atoms with Crippen molar-refractivity contribution < 1.29 is 19.2 Å². The minimum atomic E-state index is -0.651. The summed E-state index contributed by atoms with van der Waals surface area (Å²) in [6, 6.07) is 7.28. The van der Waals surface area contributed by atoms with Crippen LogP contribution in [-0.2, 0) is 9.53 Å². The second-order valence-electron chi connectivity index (χ2n) is 5.67. The highest BCUT2D eigenvalue weighted by molar-refractivity contribution is 5.94. The molecule has 25 heavy (non-hydrogen) atoms. The van der Waals surface area contributed by atoms with Crippen molar-refractivity contribution in [3.63, 3.8) is 0 Å². The lowest BCUT2D eigenvalue weighted by Gasteiger charge is -2.08. The Morgan fingerprint density at radius 3 is 2.68 bits per heavy atom. The molecular weight excluding hydrogens is 326 g/mol. The summed E-state index contributed by atoms with van der Waals surface area (Å²) in [4.78, 5) is 38.3. The molecule has 0 spiro atoms. The van der Waals surface area contributed by atoms with Crippen LogP contribution in [0.25, 0.3) is 11.1 Å². The van der Waals surface area contributed by atoms with Crippen LogP contribution in [0.3, 0.4) is 0 Å². The molecule has 1 heterocycles. The fraction of sp³-hybridized carbons (Fsp3) is 0.235. The van der Waals surface area contributed by atoms with Gasteiger partial charge in [0.15, 0.2) is 0 Å². The van der Waals surface area contributed by atoms with E-state index in [0.717, 1.165) is 12.8 Å². The number of anilines is 1. The molecule has 2 aromatic rings. The van der Waals surface area contributed by atoms with Crippen LogP contribution in [0, 0.1) is 16.0 Å². The highest BCUT2D eigenvalue weighted by atomic mass is 16.6. The molecule has 8 nitrogen and oxygen atoms in total. The minimum Gasteiger partial charge on any atom is -0.465 e. The number of aromatic nitrogens is 1. The first-order valence-corrected chi connectivity index (χ1v) is 7.63. The molecule has 1 aliphatic carbocycles. The Bertz CT molecular complexity index is 861. The summed E-state index contributed by atoms with van der Waals surface area (Å²) in [7, 11) is 1.21. The second kappa shape index (κ2) is 6.68. The molecule has 8 heteroatoms. The van der Waals surface area contributed by atoms with Gasteiger partial charge in [-0.15, -0.1) is 0 Å². The Labute approximate surface area is 143 Å². The summed E-state index contributed by atoms with van der Waals surface area (Å²) >= 11 is 0. The zero-order valence-electron chi connectivity index (χ0n) is 13.4. The number of nitro groups is 1. The number of ether oxygens (including phenoxy) is 1. The van der Waals surface area contributed by atoms with Crippen molar-refractivity contribution in [1.82, 2.24) is 4.98 Å². The van der Waals surface area contributed by atoms with Gasteiger partial charge in [-0.25, -0.2) is 9.78 Å². The average Bonchev–Trinajstić information content (AvgIpc) is 3.46. The van der Waals surface area contributed by atoms with Crippen molar-refractivity contribution in [3.8, 4) is 11.1 Å². The van der Waals surface area contributed by atoms with E-state index in [1.54, 1.807) is 12.1 Å². The molecule has 0 bridgehead atoms. The SMILES string of the molecule is COC(=O)c1ccc(-c2ccnc(NC(=O)C3CC3)c2)c([N+](=O)[O-])c1. The van der Waals surface area contributed by atoms with Crippen LogP contribution >= 0.6 is 0 Å². The van der Waals surface area contributed by atoms with Gasteiger partial charge in [0.1, 0.15) is 5.82 Å². The third kappa shape index (κ3) is 3.63. The number of nitrogens with one attached hydrogen (secondary N) is 1. The molecule has 0 radical (unpaired) electrons. The van der Waals surface area contributed by atoms with Gasteiger partial charge in [-0.05, 0) is 42.7 Å². The van der Waals surface area contributed by atoms with Crippen LogP contribution in [0.5, 0.6) is 0 Å². The number of carbonyl (C=O) groups is 2. The Balaban J connectivity index is 1.96. The third-order valence-corrected chi connectivity index (χ3v) is 3.89. The summed E-state index contributed by atoms with van der Waals surface area (Å²) in [5, 5.41) is 14.1. The van der Waals surface area contributed by atoms with Gasteiger partial charge in [-0.3, -0.25) is 14.9 Å². The number of hydrogen-bond acceptors (Lipinski definition) is 6. The molecule has 1 aliphatic rings. The van der Waals surface area contributed by atoms with Gasteiger partial charge in [0.25, 0.3) is 5.69 Å². The number of nitrogens with zero attached hydrogens (tertiary/aromatic N) is 2. The monoisotopic (exact) mass is 341 g/mol. The molecular formula is C17H15N3O5. The number of methoxy groups -OCH3 is 1. The van der Waals surface area contributed by atoms with Gasteiger partial charge < -0.3 is 10.1 Å². The van der Waals surface area contributed by atoms with Gasteiger partial charge in [-0.2, -0.15) is 0 Å². The maximum atomic E-state index is 11.8. The topological polar surface area (TPSA) is 111 Å². The summed E-state index contributed by atoms with van der Waals surface area (Å²) in [6.07, 6.45) is 3.20. The van der Waals surface area contributed by atoms with Gasteiger partial charge in [0, 0.05) is 18.2 Å². The van der Waals surface area contributed by atoms with Crippen molar-refractivity contribution in [2.45, 2.75) is 12.8 Å². The number of benzene rings is 1. The van der Waals surface area contributed by atoms with E-state index < -0.39 is 10.9 Å². The van der Waals surface area contributed by atoms with E-state index >= 15 is 0 Å². The summed E-state index contributed by atoms with van der Waals surface area (Å²) < 4.78 is 4.59. The molecule has 1 aromatic heterocycles. The largest absolute Gasteiger partial charge is 0.465 e. The van der Waals surface area contributed by atoms with Crippen molar-refractivity contribution in [1.29, 1.82) is 0 Å². The first kappa shape index (κ1) is 16.6. The highest BCUT2D eigenvalue weighted by Crippen LogP contribution is 2.33. The van der Waals surface area contributed by atoms with Gasteiger partial charge >= 0.3 is 5.97 Å². The first-order chi connectivity index (χ1) is 12.0. The Hall–Kier alpha value is -3.29. The predicted molar refractivity (Wildman–Crippen MR) is 89.0 cm³/mol.